The summed E-state index contributed by atoms with van der Waals surface area (Å²) in [6.45, 7) is 7.67. The Bertz CT molecular complexity index is 433. The molecule has 6 heteroatoms. The largest absolute Gasteiger partial charge is 0.390 e. The number of amides is 1. The third-order valence-corrected chi connectivity index (χ3v) is 3.57. The molecule has 0 radical (unpaired) electrons. The highest BCUT2D eigenvalue weighted by molar-refractivity contribution is 5.96. The van der Waals surface area contributed by atoms with Crippen LogP contribution in [0.2, 0.25) is 0 Å². The van der Waals surface area contributed by atoms with Gasteiger partial charge in [-0.1, -0.05) is 0 Å². The molecule has 112 valence electrons. The van der Waals surface area contributed by atoms with Crippen LogP contribution >= 0.6 is 0 Å². The molecule has 1 fully saturated rings. The fourth-order valence-electron chi connectivity index (χ4n) is 2.45. The second-order valence-corrected chi connectivity index (χ2v) is 5.25. The lowest BCUT2D eigenvalue weighted by atomic mass is 10.1. The smallest absolute Gasteiger partial charge is 0.253 e. The first-order valence-electron chi connectivity index (χ1n) is 6.99. The van der Waals surface area contributed by atoms with Crippen LogP contribution < -0.4 is 5.32 Å². The molecule has 2 heterocycles. The van der Waals surface area contributed by atoms with Gasteiger partial charge in [0.05, 0.1) is 24.9 Å². The van der Waals surface area contributed by atoms with Crippen molar-refractivity contribution in [2.24, 2.45) is 0 Å². The van der Waals surface area contributed by atoms with Crippen LogP contribution in [0.15, 0.2) is 6.20 Å². The number of nitrogens with zero attached hydrogens (tertiary/aromatic N) is 1. The third kappa shape index (κ3) is 3.82. The summed E-state index contributed by atoms with van der Waals surface area (Å²) in [5, 5.41) is 12.8. The molecule has 1 atom stereocenters. The van der Waals surface area contributed by atoms with Crippen molar-refractivity contribution in [3.8, 4) is 0 Å². The second kappa shape index (κ2) is 6.88. The Morgan fingerprint density at radius 3 is 2.80 bits per heavy atom. The van der Waals surface area contributed by atoms with E-state index in [4.69, 9.17) is 4.74 Å². The van der Waals surface area contributed by atoms with Crippen LogP contribution in [0.4, 0.5) is 0 Å². The first-order chi connectivity index (χ1) is 9.58. The number of hydrogen-bond donors (Lipinski definition) is 3. The molecular formula is C14H23N3O3. The van der Waals surface area contributed by atoms with Gasteiger partial charge in [-0.25, -0.2) is 0 Å². The van der Waals surface area contributed by atoms with Crippen molar-refractivity contribution < 1.29 is 14.6 Å². The van der Waals surface area contributed by atoms with Gasteiger partial charge >= 0.3 is 0 Å². The molecule has 1 unspecified atom stereocenters. The van der Waals surface area contributed by atoms with E-state index in [1.54, 1.807) is 0 Å². The number of rotatable bonds is 5. The van der Waals surface area contributed by atoms with Crippen molar-refractivity contribution in [1.29, 1.82) is 0 Å². The summed E-state index contributed by atoms with van der Waals surface area (Å²) in [6.07, 6.45) is 1.26. The van der Waals surface area contributed by atoms with Gasteiger partial charge in [-0.15, -0.1) is 0 Å². The molecule has 0 aliphatic carbocycles. The minimum absolute atomic E-state index is 0.137. The molecule has 1 aromatic heterocycles. The Labute approximate surface area is 119 Å². The second-order valence-electron chi connectivity index (χ2n) is 5.25. The van der Waals surface area contributed by atoms with Crippen molar-refractivity contribution >= 4 is 5.91 Å². The first kappa shape index (κ1) is 15.0. The highest BCUT2D eigenvalue weighted by Gasteiger charge is 2.17. The summed E-state index contributed by atoms with van der Waals surface area (Å²) in [5.74, 6) is -0.137. The van der Waals surface area contributed by atoms with Crippen LogP contribution in [0, 0.1) is 13.8 Å². The maximum Gasteiger partial charge on any atom is 0.253 e. The quantitative estimate of drug-likeness (QED) is 0.713. The number of aromatic amines is 1. The predicted molar refractivity (Wildman–Crippen MR) is 75.9 cm³/mol. The zero-order valence-electron chi connectivity index (χ0n) is 12.1. The van der Waals surface area contributed by atoms with E-state index in [-0.39, 0.29) is 12.5 Å². The Balaban J connectivity index is 1.78. The highest BCUT2D eigenvalue weighted by Crippen LogP contribution is 2.11. The molecule has 0 aromatic carbocycles. The lowest BCUT2D eigenvalue weighted by Gasteiger charge is -2.28. The van der Waals surface area contributed by atoms with Crippen LogP contribution in [-0.2, 0) is 4.74 Å². The number of hydrogen-bond acceptors (Lipinski definition) is 4. The van der Waals surface area contributed by atoms with Crippen LogP contribution in [-0.4, -0.2) is 66.4 Å². The Morgan fingerprint density at radius 1 is 1.50 bits per heavy atom. The molecule has 1 saturated heterocycles. The Morgan fingerprint density at radius 2 is 2.20 bits per heavy atom. The average Bonchev–Trinajstić information content (AvgIpc) is 2.77. The van der Waals surface area contributed by atoms with E-state index in [1.165, 1.54) is 0 Å². The number of aromatic nitrogens is 1. The number of morpholine rings is 1. The van der Waals surface area contributed by atoms with Crippen LogP contribution in [0.25, 0.3) is 0 Å². The van der Waals surface area contributed by atoms with Crippen molar-refractivity contribution in [2.45, 2.75) is 20.0 Å². The SMILES string of the molecule is Cc1c[nH]c(C)c1C(=O)NCC(O)CN1CCOCC1. The van der Waals surface area contributed by atoms with Crippen molar-refractivity contribution in [3.63, 3.8) is 0 Å². The van der Waals surface area contributed by atoms with E-state index >= 15 is 0 Å². The number of carbonyl (C=O) groups is 1. The molecule has 1 aliphatic heterocycles. The van der Waals surface area contributed by atoms with E-state index < -0.39 is 6.10 Å². The molecular weight excluding hydrogens is 258 g/mol. The number of aliphatic hydroxyl groups excluding tert-OH is 1. The highest BCUT2D eigenvalue weighted by atomic mass is 16.5. The standard InChI is InChI=1S/C14H23N3O3/c1-10-7-15-11(2)13(10)14(19)16-8-12(18)9-17-3-5-20-6-4-17/h7,12,15,18H,3-6,8-9H2,1-2H3,(H,16,19). The number of carbonyl (C=O) groups excluding carboxylic acids is 1. The number of β-amino-alcohol motifs (C(OH)–C–C–N with tert-alkyl or cyclic N) is 1. The average molecular weight is 281 g/mol. The maximum absolute atomic E-state index is 12.1. The van der Waals surface area contributed by atoms with E-state index in [1.807, 2.05) is 20.0 Å². The molecule has 0 bridgehead atoms. The van der Waals surface area contributed by atoms with Gasteiger partial charge in [-0.05, 0) is 19.4 Å². The first-order valence-corrected chi connectivity index (χ1v) is 6.99. The number of nitrogens with one attached hydrogen (secondary N) is 2. The summed E-state index contributed by atoms with van der Waals surface area (Å²) < 4.78 is 5.26. The number of aryl methyl sites for hydroxylation is 2. The summed E-state index contributed by atoms with van der Waals surface area (Å²) in [4.78, 5) is 17.2. The Hall–Kier alpha value is -1.37. The van der Waals surface area contributed by atoms with Gasteiger partial charge in [-0.3, -0.25) is 9.69 Å². The molecule has 0 spiro atoms. The molecule has 6 nitrogen and oxygen atoms in total. The molecule has 1 aromatic rings. The van der Waals surface area contributed by atoms with Crippen molar-refractivity contribution in [3.05, 3.63) is 23.0 Å². The van der Waals surface area contributed by atoms with Crippen molar-refractivity contribution in [1.82, 2.24) is 15.2 Å². The summed E-state index contributed by atoms with van der Waals surface area (Å²) in [5.41, 5.74) is 2.44. The zero-order valence-corrected chi connectivity index (χ0v) is 12.1. The van der Waals surface area contributed by atoms with Gasteiger partial charge in [0, 0.05) is 38.1 Å². The van der Waals surface area contributed by atoms with Crippen molar-refractivity contribution in [2.75, 3.05) is 39.4 Å². The van der Waals surface area contributed by atoms with Gasteiger partial charge in [0.2, 0.25) is 0 Å². The summed E-state index contributed by atoms with van der Waals surface area (Å²) in [6, 6.07) is 0. The third-order valence-electron chi connectivity index (χ3n) is 3.57. The lowest BCUT2D eigenvalue weighted by molar-refractivity contribution is 0.0149. The molecule has 20 heavy (non-hydrogen) atoms. The van der Waals surface area contributed by atoms with Gasteiger partial charge in [0.15, 0.2) is 0 Å². The Kier molecular flexibility index (Phi) is 5.17. The molecule has 2 rings (SSSR count). The minimum Gasteiger partial charge on any atom is -0.390 e. The zero-order chi connectivity index (χ0) is 14.5. The normalized spacial score (nSPS) is 17.9. The molecule has 0 saturated carbocycles. The van der Waals surface area contributed by atoms with Crippen LogP contribution in [0.5, 0.6) is 0 Å². The monoisotopic (exact) mass is 281 g/mol. The summed E-state index contributed by atoms with van der Waals surface area (Å²) in [7, 11) is 0. The number of ether oxygens (including phenoxy) is 1. The summed E-state index contributed by atoms with van der Waals surface area (Å²) >= 11 is 0. The molecule has 1 amide bonds. The van der Waals surface area contributed by atoms with Gasteiger partial charge in [0.25, 0.3) is 5.91 Å². The lowest BCUT2D eigenvalue weighted by Crippen LogP contribution is -2.44. The van der Waals surface area contributed by atoms with Gasteiger partial charge in [-0.2, -0.15) is 0 Å². The molecule has 3 N–H and O–H groups in total. The van der Waals surface area contributed by atoms with Crippen LogP contribution in [0.3, 0.4) is 0 Å². The topological polar surface area (TPSA) is 77.6 Å². The molecule has 1 aliphatic rings. The minimum atomic E-state index is -0.559. The van der Waals surface area contributed by atoms with E-state index in [0.29, 0.717) is 25.3 Å². The van der Waals surface area contributed by atoms with Crippen LogP contribution in [0.1, 0.15) is 21.6 Å². The predicted octanol–water partition coefficient (Wildman–Crippen LogP) is 0.0544. The van der Waals surface area contributed by atoms with E-state index in [0.717, 1.165) is 24.3 Å². The fourth-order valence-corrected chi connectivity index (χ4v) is 2.45. The van der Waals surface area contributed by atoms with Gasteiger partial charge in [0.1, 0.15) is 0 Å². The number of H-pyrrole nitrogens is 1. The van der Waals surface area contributed by atoms with E-state index in [2.05, 4.69) is 15.2 Å². The number of aliphatic hydroxyl groups is 1. The van der Waals surface area contributed by atoms with E-state index in [9.17, 15) is 9.90 Å². The fraction of sp³-hybridized carbons (Fsp3) is 0.643. The van der Waals surface area contributed by atoms with Gasteiger partial charge < -0.3 is 20.1 Å². The maximum atomic E-state index is 12.1.